The van der Waals surface area contributed by atoms with Gasteiger partial charge in [-0.3, -0.25) is 9.69 Å². The van der Waals surface area contributed by atoms with E-state index in [0.29, 0.717) is 12.6 Å². The number of aryl methyl sites for hydroxylation is 1. The van der Waals surface area contributed by atoms with E-state index in [1.165, 1.54) is 5.56 Å². The van der Waals surface area contributed by atoms with E-state index in [4.69, 9.17) is 0 Å². The maximum atomic E-state index is 12.4. The van der Waals surface area contributed by atoms with Gasteiger partial charge in [-0.15, -0.1) is 0 Å². The van der Waals surface area contributed by atoms with Gasteiger partial charge in [0.1, 0.15) is 0 Å². The minimum atomic E-state index is -0.105. The smallest absolute Gasteiger partial charge is 0.241 e. The number of hydrogen-bond acceptors (Lipinski definition) is 3. The van der Waals surface area contributed by atoms with Crippen molar-refractivity contribution < 1.29 is 9.90 Å². The molecule has 2 aliphatic rings. The van der Waals surface area contributed by atoms with E-state index in [1.54, 1.807) is 0 Å². The fourth-order valence-electron chi connectivity index (χ4n) is 2.93. The van der Waals surface area contributed by atoms with Crippen LogP contribution in [0.15, 0.2) is 24.3 Å². The molecule has 0 spiro atoms. The topological polar surface area (TPSA) is 52.6 Å². The van der Waals surface area contributed by atoms with E-state index in [-0.39, 0.29) is 18.6 Å². The van der Waals surface area contributed by atoms with Gasteiger partial charge in [0, 0.05) is 18.3 Å². The number of aliphatic hydroxyl groups is 1. The number of hydrogen-bond donors (Lipinski definition) is 2. The molecule has 19 heavy (non-hydrogen) atoms. The zero-order valence-corrected chi connectivity index (χ0v) is 11.0. The predicted octanol–water partition coefficient (Wildman–Crippen LogP) is 1.40. The highest BCUT2D eigenvalue weighted by Gasteiger charge is 2.37. The molecule has 2 N–H and O–H groups in total. The van der Waals surface area contributed by atoms with Crippen molar-refractivity contribution in [3.05, 3.63) is 29.8 Å². The van der Waals surface area contributed by atoms with Crippen molar-refractivity contribution in [1.82, 2.24) is 4.90 Å². The Morgan fingerprint density at radius 3 is 2.79 bits per heavy atom. The van der Waals surface area contributed by atoms with Crippen molar-refractivity contribution in [2.75, 3.05) is 18.5 Å². The van der Waals surface area contributed by atoms with Gasteiger partial charge in [-0.25, -0.2) is 0 Å². The molecule has 1 aromatic carbocycles. The summed E-state index contributed by atoms with van der Waals surface area (Å²) >= 11 is 0. The summed E-state index contributed by atoms with van der Waals surface area (Å²) in [5.41, 5.74) is 2.15. The van der Waals surface area contributed by atoms with Crippen LogP contribution in [-0.4, -0.2) is 41.1 Å². The fourth-order valence-corrected chi connectivity index (χ4v) is 2.93. The van der Waals surface area contributed by atoms with Crippen LogP contribution in [0.5, 0.6) is 0 Å². The molecule has 4 heteroatoms. The maximum Gasteiger partial charge on any atom is 0.241 e. The second-order valence-electron chi connectivity index (χ2n) is 5.39. The molecular weight excluding hydrogens is 240 g/mol. The lowest BCUT2D eigenvalue weighted by Crippen LogP contribution is -2.46. The molecule has 102 valence electrons. The monoisotopic (exact) mass is 260 g/mol. The molecule has 1 aromatic rings. The molecule has 0 aromatic heterocycles. The number of aliphatic hydroxyl groups excluding tert-OH is 1. The first kappa shape index (κ1) is 12.6. The summed E-state index contributed by atoms with van der Waals surface area (Å²) in [6.07, 6.45) is 4.04. The molecule has 1 heterocycles. The standard InChI is InChI=1S/C15H20N2O2/c18-10-9-17(12-6-7-12)14-8-5-11-3-1-2-4-13(11)16-15(14)19/h1-4,12,14,18H,5-10H2,(H,16,19). The molecule has 1 amide bonds. The Balaban J connectivity index is 1.79. The first-order valence-corrected chi connectivity index (χ1v) is 7.05. The van der Waals surface area contributed by atoms with Crippen LogP contribution in [0.4, 0.5) is 5.69 Å². The van der Waals surface area contributed by atoms with Crippen molar-refractivity contribution in [3.63, 3.8) is 0 Å². The predicted molar refractivity (Wildman–Crippen MR) is 74.0 cm³/mol. The molecule has 3 rings (SSSR count). The first-order chi connectivity index (χ1) is 9.29. The van der Waals surface area contributed by atoms with Gasteiger partial charge in [-0.1, -0.05) is 18.2 Å². The third-order valence-electron chi connectivity index (χ3n) is 4.04. The number of fused-ring (bicyclic) bond motifs is 1. The average molecular weight is 260 g/mol. The molecule has 1 fully saturated rings. The third kappa shape index (κ3) is 2.65. The summed E-state index contributed by atoms with van der Waals surface area (Å²) in [5, 5.41) is 12.2. The van der Waals surface area contributed by atoms with Gasteiger partial charge in [-0.2, -0.15) is 0 Å². The molecule has 0 saturated heterocycles. The molecule has 1 atom stereocenters. The van der Waals surface area contributed by atoms with Gasteiger partial charge in [0.2, 0.25) is 5.91 Å². The van der Waals surface area contributed by atoms with E-state index in [0.717, 1.165) is 31.4 Å². The van der Waals surface area contributed by atoms with Crippen LogP contribution in [0.2, 0.25) is 0 Å². The number of amides is 1. The molecule has 1 unspecified atom stereocenters. The van der Waals surface area contributed by atoms with Gasteiger partial charge in [-0.05, 0) is 37.3 Å². The van der Waals surface area contributed by atoms with Crippen molar-refractivity contribution in [2.45, 2.75) is 37.8 Å². The van der Waals surface area contributed by atoms with Crippen LogP contribution < -0.4 is 5.32 Å². The fraction of sp³-hybridized carbons (Fsp3) is 0.533. The Hall–Kier alpha value is -1.39. The van der Waals surface area contributed by atoms with E-state index < -0.39 is 0 Å². The average Bonchev–Trinajstić information content (AvgIpc) is 3.23. The number of carbonyl (C=O) groups is 1. The van der Waals surface area contributed by atoms with Gasteiger partial charge in [0.25, 0.3) is 0 Å². The van der Waals surface area contributed by atoms with E-state index in [9.17, 15) is 9.90 Å². The number of nitrogens with zero attached hydrogens (tertiary/aromatic N) is 1. The van der Waals surface area contributed by atoms with Gasteiger partial charge in [0.05, 0.1) is 12.6 Å². The van der Waals surface area contributed by atoms with Crippen LogP contribution in [0.25, 0.3) is 0 Å². The van der Waals surface area contributed by atoms with Crippen molar-refractivity contribution in [1.29, 1.82) is 0 Å². The molecular formula is C15H20N2O2. The van der Waals surface area contributed by atoms with Crippen LogP contribution >= 0.6 is 0 Å². The summed E-state index contributed by atoms with van der Waals surface area (Å²) < 4.78 is 0. The number of rotatable bonds is 4. The zero-order valence-electron chi connectivity index (χ0n) is 11.0. The van der Waals surface area contributed by atoms with E-state index in [1.807, 2.05) is 18.2 Å². The number of nitrogens with one attached hydrogen (secondary N) is 1. The molecule has 4 nitrogen and oxygen atoms in total. The number of benzene rings is 1. The lowest BCUT2D eigenvalue weighted by atomic mass is 10.0. The first-order valence-electron chi connectivity index (χ1n) is 7.05. The zero-order chi connectivity index (χ0) is 13.2. The van der Waals surface area contributed by atoms with Gasteiger partial charge in [0.15, 0.2) is 0 Å². The van der Waals surface area contributed by atoms with Crippen LogP contribution in [0, 0.1) is 0 Å². The maximum absolute atomic E-state index is 12.4. The lowest BCUT2D eigenvalue weighted by molar-refractivity contribution is -0.121. The van der Waals surface area contributed by atoms with Crippen LogP contribution in [0.3, 0.4) is 0 Å². The minimum absolute atomic E-state index is 0.0744. The molecule has 0 bridgehead atoms. The lowest BCUT2D eigenvalue weighted by Gasteiger charge is -2.29. The number of para-hydroxylation sites is 1. The van der Waals surface area contributed by atoms with Crippen LogP contribution in [-0.2, 0) is 11.2 Å². The highest BCUT2D eigenvalue weighted by atomic mass is 16.3. The SMILES string of the molecule is O=C1Nc2ccccc2CCC1N(CCO)C1CC1. The Morgan fingerprint density at radius 2 is 2.05 bits per heavy atom. The second kappa shape index (κ2) is 5.31. The summed E-state index contributed by atoms with van der Waals surface area (Å²) in [7, 11) is 0. The van der Waals surface area contributed by atoms with Gasteiger partial charge < -0.3 is 10.4 Å². The molecule has 1 aliphatic carbocycles. The Morgan fingerprint density at radius 1 is 1.26 bits per heavy atom. The largest absolute Gasteiger partial charge is 0.395 e. The summed E-state index contributed by atoms with van der Waals surface area (Å²) in [6, 6.07) is 8.38. The Bertz CT molecular complexity index is 471. The Labute approximate surface area is 113 Å². The Kier molecular flexibility index (Phi) is 3.53. The van der Waals surface area contributed by atoms with Crippen molar-refractivity contribution in [2.24, 2.45) is 0 Å². The number of anilines is 1. The van der Waals surface area contributed by atoms with E-state index >= 15 is 0 Å². The highest BCUT2D eigenvalue weighted by molar-refractivity contribution is 5.96. The van der Waals surface area contributed by atoms with E-state index in [2.05, 4.69) is 16.3 Å². The van der Waals surface area contributed by atoms with Crippen LogP contribution in [0.1, 0.15) is 24.8 Å². The molecule has 1 aliphatic heterocycles. The van der Waals surface area contributed by atoms with Crippen molar-refractivity contribution >= 4 is 11.6 Å². The second-order valence-corrected chi connectivity index (χ2v) is 5.39. The number of carbonyl (C=O) groups excluding carboxylic acids is 1. The molecule has 1 saturated carbocycles. The summed E-state index contributed by atoms with van der Waals surface area (Å²) in [5.74, 6) is 0.0744. The van der Waals surface area contributed by atoms with Gasteiger partial charge >= 0.3 is 0 Å². The summed E-state index contributed by atoms with van der Waals surface area (Å²) in [6.45, 7) is 0.715. The summed E-state index contributed by atoms with van der Waals surface area (Å²) in [4.78, 5) is 14.6. The van der Waals surface area contributed by atoms with Crippen molar-refractivity contribution in [3.8, 4) is 0 Å². The normalized spacial score (nSPS) is 22.8. The highest BCUT2D eigenvalue weighted by Crippen LogP contribution is 2.32. The quantitative estimate of drug-likeness (QED) is 0.860. The minimum Gasteiger partial charge on any atom is -0.395 e. The third-order valence-corrected chi connectivity index (χ3v) is 4.04. The molecule has 0 radical (unpaired) electrons.